The van der Waals surface area contributed by atoms with E-state index in [1.54, 1.807) is 11.2 Å². The summed E-state index contributed by atoms with van der Waals surface area (Å²) >= 11 is 0. The van der Waals surface area contributed by atoms with E-state index in [1.807, 2.05) is 13.8 Å². The molecule has 2 aliphatic rings. The summed E-state index contributed by atoms with van der Waals surface area (Å²) in [5.41, 5.74) is 0. The van der Waals surface area contributed by atoms with E-state index in [9.17, 15) is 8.42 Å². The number of rotatable bonds is 5. The first kappa shape index (κ1) is 14.2. The molecular weight excluding hydrogens is 252 g/mol. The van der Waals surface area contributed by atoms with Crippen molar-refractivity contribution < 1.29 is 13.2 Å². The zero-order valence-electron chi connectivity index (χ0n) is 11.4. The Hall–Kier alpha value is -0.170. The molecule has 0 spiro atoms. The molecule has 3 unspecified atom stereocenters. The lowest BCUT2D eigenvalue weighted by molar-refractivity contribution is -0.0442. The highest BCUT2D eigenvalue weighted by atomic mass is 32.2. The number of nitrogens with one attached hydrogen (secondary N) is 1. The molecule has 106 valence electrons. The lowest BCUT2D eigenvalue weighted by atomic mass is 10.3. The Bertz CT molecular complexity index is 371. The minimum Gasteiger partial charge on any atom is -0.373 e. The van der Waals surface area contributed by atoms with E-state index in [0.29, 0.717) is 25.7 Å². The smallest absolute Gasteiger partial charge is 0.218 e. The number of hydrogen-bond acceptors (Lipinski definition) is 4. The van der Waals surface area contributed by atoms with Crippen LogP contribution in [-0.2, 0) is 14.8 Å². The zero-order valence-corrected chi connectivity index (χ0v) is 12.2. The second kappa shape index (κ2) is 5.45. The molecule has 0 radical (unpaired) electrons. The molecule has 2 rings (SSSR count). The monoisotopic (exact) mass is 276 g/mol. The van der Waals surface area contributed by atoms with Crippen LogP contribution < -0.4 is 5.32 Å². The normalized spacial score (nSPS) is 32.4. The second-order valence-corrected chi connectivity index (χ2v) is 7.96. The van der Waals surface area contributed by atoms with Gasteiger partial charge in [0.15, 0.2) is 0 Å². The zero-order chi connectivity index (χ0) is 13.3. The van der Waals surface area contributed by atoms with E-state index >= 15 is 0 Å². The van der Waals surface area contributed by atoms with Crippen molar-refractivity contribution in [1.82, 2.24) is 9.62 Å². The maximum Gasteiger partial charge on any atom is 0.218 e. The molecule has 1 aliphatic heterocycles. The summed E-state index contributed by atoms with van der Waals surface area (Å²) in [4.78, 5) is 0. The molecule has 5 nitrogen and oxygen atoms in total. The first-order valence-electron chi connectivity index (χ1n) is 6.77. The summed E-state index contributed by atoms with van der Waals surface area (Å²) in [6, 6.07) is 0.546. The predicted octanol–water partition coefficient (Wildman–Crippen LogP) is 0.566. The topological polar surface area (TPSA) is 58.6 Å². The van der Waals surface area contributed by atoms with Crippen molar-refractivity contribution in [1.29, 1.82) is 0 Å². The summed E-state index contributed by atoms with van der Waals surface area (Å²) in [5.74, 6) is 0. The van der Waals surface area contributed by atoms with Crippen LogP contribution in [0.4, 0.5) is 0 Å². The van der Waals surface area contributed by atoms with Crippen LogP contribution in [0.15, 0.2) is 0 Å². The quantitative estimate of drug-likeness (QED) is 0.797. The van der Waals surface area contributed by atoms with Gasteiger partial charge in [-0.15, -0.1) is 0 Å². The molecule has 0 aromatic heterocycles. The Balaban J connectivity index is 1.94. The van der Waals surface area contributed by atoms with Gasteiger partial charge < -0.3 is 10.1 Å². The molecule has 1 heterocycles. The lowest BCUT2D eigenvalue weighted by Gasteiger charge is -2.36. The van der Waals surface area contributed by atoms with Crippen molar-refractivity contribution in [2.45, 2.75) is 57.1 Å². The lowest BCUT2D eigenvalue weighted by Crippen LogP contribution is -2.51. The van der Waals surface area contributed by atoms with E-state index in [1.165, 1.54) is 12.8 Å². The number of morpholine rings is 1. The highest BCUT2D eigenvalue weighted by Crippen LogP contribution is 2.20. The highest BCUT2D eigenvalue weighted by Gasteiger charge is 2.35. The van der Waals surface area contributed by atoms with Crippen molar-refractivity contribution in [3.8, 4) is 0 Å². The van der Waals surface area contributed by atoms with E-state index in [2.05, 4.69) is 5.32 Å². The molecule has 1 N–H and O–H groups in total. The Morgan fingerprint density at radius 3 is 2.33 bits per heavy atom. The maximum atomic E-state index is 12.4. The van der Waals surface area contributed by atoms with E-state index in [4.69, 9.17) is 4.74 Å². The van der Waals surface area contributed by atoms with Gasteiger partial charge in [0.1, 0.15) is 0 Å². The molecule has 0 bridgehead atoms. The molecule has 0 amide bonds. The van der Waals surface area contributed by atoms with Crippen molar-refractivity contribution in [2.75, 3.05) is 19.6 Å². The van der Waals surface area contributed by atoms with E-state index in [0.717, 1.165) is 0 Å². The minimum absolute atomic E-state index is 0.0212. The van der Waals surface area contributed by atoms with Crippen LogP contribution in [0.25, 0.3) is 0 Å². The highest BCUT2D eigenvalue weighted by molar-refractivity contribution is 7.89. The summed E-state index contributed by atoms with van der Waals surface area (Å²) in [6.07, 6.45) is 2.32. The Kier molecular flexibility index (Phi) is 4.31. The first-order valence-corrected chi connectivity index (χ1v) is 8.27. The molecule has 2 fully saturated rings. The van der Waals surface area contributed by atoms with Crippen molar-refractivity contribution in [2.24, 2.45) is 0 Å². The van der Waals surface area contributed by atoms with Crippen LogP contribution in [0.1, 0.15) is 33.6 Å². The molecular formula is C12H24N2O3S. The SMILES string of the molecule is CC1CN(S(=O)(=O)C(C)CNC2CC2)CC(C)O1. The largest absolute Gasteiger partial charge is 0.373 e. The minimum atomic E-state index is -3.20. The summed E-state index contributed by atoms with van der Waals surface area (Å²) in [6.45, 7) is 7.13. The van der Waals surface area contributed by atoms with Crippen LogP contribution in [0.5, 0.6) is 0 Å². The second-order valence-electron chi connectivity index (χ2n) is 5.61. The third kappa shape index (κ3) is 3.44. The molecule has 6 heteroatoms. The fraction of sp³-hybridized carbons (Fsp3) is 1.00. The van der Waals surface area contributed by atoms with Gasteiger partial charge in [0.05, 0.1) is 17.5 Å². The average molecular weight is 276 g/mol. The van der Waals surface area contributed by atoms with Gasteiger partial charge in [-0.1, -0.05) is 0 Å². The van der Waals surface area contributed by atoms with Crippen LogP contribution in [0.3, 0.4) is 0 Å². The van der Waals surface area contributed by atoms with Crippen molar-refractivity contribution in [3.63, 3.8) is 0 Å². The molecule has 3 atom stereocenters. The maximum absolute atomic E-state index is 12.4. The standard InChI is InChI=1S/C12H24N2O3S/c1-9-7-14(8-10(2)17-9)18(15,16)11(3)6-13-12-4-5-12/h9-13H,4-8H2,1-3H3. The fourth-order valence-electron chi connectivity index (χ4n) is 2.32. The summed E-state index contributed by atoms with van der Waals surface area (Å²) in [5, 5.41) is 2.92. The summed E-state index contributed by atoms with van der Waals surface area (Å²) < 4.78 is 32.0. The number of ether oxygens (including phenoxy) is 1. The van der Waals surface area contributed by atoms with E-state index < -0.39 is 10.0 Å². The van der Waals surface area contributed by atoms with Gasteiger partial charge in [0, 0.05) is 25.7 Å². The molecule has 18 heavy (non-hydrogen) atoms. The molecule has 1 saturated carbocycles. The van der Waals surface area contributed by atoms with Crippen LogP contribution >= 0.6 is 0 Å². The van der Waals surface area contributed by atoms with Crippen molar-refractivity contribution in [3.05, 3.63) is 0 Å². The van der Waals surface area contributed by atoms with E-state index in [-0.39, 0.29) is 17.5 Å². The van der Waals surface area contributed by atoms with Gasteiger partial charge in [-0.2, -0.15) is 4.31 Å². The van der Waals surface area contributed by atoms with Gasteiger partial charge in [-0.3, -0.25) is 0 Å². The molecule has 0 aromatic carbocycles. The Morgan fingerprint density at radius 1 is 1.28 bits per heavy atom. The first-order chi connectivity index (χ1) is 8.39. The van der Waals surface area contributed by atoms with Gasteiger partial charge in [-0.25, -0.2) is 8.42 Å². The number of sulfonamides is 1. The Morgan fingerprint density at radius 2 is 1.83 bits per heavy atom. The molecule has 1 aliphatic carbocycles. The van der Waals surface area contributed by atoms with Gasteiger partial charge in [0.2, 0.25) is 10.0 Å². The van der Waals surface area contributed by atoms with Gasteiger partial charge >= 0.3 is 0 Å². The van der Waals surface area contributed by atoms with Gasteiger partial charge in [-0.05, 0) is 33.6 Å². The van der Waals surface area contributed by atoms with Crippen molar-refractivity contribution >= 4 is 10.0 Å². The van der Waals surface area contributed by atoms with Crippen LogP contribution in [0.2, 0.25) is 0 Å². The van der Waals surface area contributed by atoms with Crippen LogP contribution in [0, 0.1) is 0 Å². The van der Waals surface area contributed by atoms with Gasteiger partial charge in [0.25, 0.3) is 0 Å². The number of hydrogen-bond donors (Lipinski definition) is 1. The average Bonchev–Trinajstić information content (AvgIpc) is 3.08. The third-order valence-electron chi connectivity index (χ3n) is 3.53. The Labute approximate surface area is 110 Å². The predicted molar refractivity (Wildman–Crippen MR) is 71.0 cm³/mol. The molecule has 1 saturated heterocycles. The van der Waals surface area contributed by atoms with Crippen LogP contribution in [-0.4, -0.2) is 55.9 Å². The fourth-order valence-corrected chi connectivity index (χ4v) is 3.97. The summed E-state index contributed by atoms with van der Waals surface area (Å²) in [7, 11) is -3.20. The number of nitrogens with zero attached hydrogens (tertiary/aromatic N) is 1. The third-order valence-corrected chi connectivity index (χ3v) is 5.73. The molecule has 0 aromatic rings.